The zero-order valence-electron chi connectivity index (χ0n) is 17.2. The van der Waals surface area contributed by atoms with Crippen molar-refractivity contribution in [1.29, 1.82) is 0 Å². The second kappa shape index (κ2) is 11.8. The lowest BCUT2D eigenvalue weighted by molar-refractivity contribution is -0.129. The van der Waals surface area contributed by atoms with Gasteiger partial charge in [0.1, 0.15) is 0 Å². The number of hydrogen-bond donors (Lipinski definition) is 2. The van der Waals surface area contributed by atoms with Crippen molar-refractivity contribution in [1.82, 2.24) is 25.1 Å². The van der Waals surface area contributed by atoms with E-state index in [-0.39, 0.29) is 35.9 Å². The highest BCUT2D eigenvalue weighted by Gasteiger charge is 2.25. The van der Waals surface area contributed by atoms with Crippen molar-refractivity contribution in [2.45, 2.75) is 45.8 Å². The van der Waals surface area contributed by atoms with Crippen molar-refractivity contribution in [2.24, 2.45) is 4.99 Å². The molecular weight excluding hydrogens is 479 g/mol. The summed E-state index contributed by atoms with van der Waals surface area (Å²) in [5.41, 5.74) is 2.40. The zero-order valence-corrected chi connectivity index (χ0v) is 19.5. The molecule has 2 aromatic rings. The molecule has 29 heavy (non-hydrogen) atoms. The number of nitrogens with zero attached hydrogens (tertiary/aromatic N) is 4. The van der Waals surface area contributed by atoms with E-state index in [0.717, 1.165) is 38.6 Å². The molecule has 0 spiro atoms. The Labute approximate surface area is 190 Å². The Morgan fingerprint density at radius 3 is 2.86 bits per heavy atom. The van der Waals surface area contributed by atoms with Gasteiger partial charge in [0.15, 0.2) is 5.96 Å². The van der Waals surface area contributed by atoms with E-state index in [4.69, 9.17) is 4.99 Å². The summed E-state index contributed by atoms with van der Waals surface area (Å²) in [5, 5.41) is 6.79. The summed E-state index contributed by atoms with van der Waals surface area (Å²) in [6.07, 6.45) is 7.10. The molecule has 1 fully saturated rings. The van der Waals surface area contributed by atoms with E-state index in [2.05, 4.69) is 51.4 Å². The van der Waals surface area contributed by atoms with Crippen LogP contribution in [0, 0.1) is 0 Å². The molecule has 1 atom stereocenters. The van der Waals surface area contributed by atoms with Crippen molar-refractivity contribution in [3.63, 3.8) is 0 Å². The third-order valence-corrected chi connectivity index (χ3v) is 4.86. The summed E-state index contributed by atoms with van der Waals surface area (Å²) in [6, 6.07) is 8.73. The minimum Gasteiger partial charge on any atom is -0.357 e. The van der Waals surface area contributed by atoms with Gasteiger partial charge < -0.3 is 20.1 Å². The number of guanidine groups is 1. The lowest BCUT2D eigenvalue weighted by atomic mass is 10.1. The molecule has 2 heterocycles. The number of carbonyl (C=O) groups is 1. The van der Waals surface area contributed by atoms with Crippen LogP contribution in [0.15, 0.2) is 48.0 Å². The van der Waals surface area contributed by atoms with E-state index in [1.807, 2.05) is 24.3 Å². The van der Waals surface area contributed by atoms with Crippen molar-refractivity contribution in [3.05, 3.63) is 54.1 Å². The lowest BCUT2D eigenvalue weighted by Crippen LogP contribution is -2.45. The second-order valence-corrected chi connectivity index (χ2v) is 7.07. The van der Waals surface area contributed by atoms with Crippen molar-refractivity contribution in [2.75, 3.05) is 19.6 Å². The molecule has 0 radical (unpaired) electrons. The maximum Gasteiger partial charge on any atom is 0.222 e. The highest BCUT2D eigenvalue weighted by molar-refractivity contribution is 14.0. The fraction of sp³-hybridized carbons (Fsp3) is 0.476. The number of aromatic nitrogens is 2. The normalized spacial score (nSPS) is 16.4. The van der Waals surface area contributed by atoms with Crippen LogP contribution in [0.5, 0.6) is 0 Å². The van der Waals surface area contributed by atoms with Crippen molar-refractivity contribution in [3.8, 4) is 0 Å². The Kier molecular flexibility index (Phi) is 9.43. The van der Waals surface area contributed by atoms with Crippen LogP contribution in [-0.2, 0) is 17.9 Å². The van der Waals surface area contributed by atoms with E-state index in [9.17, 15) is 4.79 Å². The number of aliphatic imine (C=N–C) groups is 1. The van der Waals surface area contributed by atoms with Gasteiger partial charge in [-0.2, -0.15) is 0 Å². The number of hydrogen-bond acceptors (Lipinski definition) is 3. The molecule has 1 saturated heterocycles. The third kappa shape index (κ3) is 7.02. The number of rotatable bonds is 7. The predicted molar refractivity (Wildman–Crippen MR) is 126 cm³/mol. The zero-order chi connectivity index (χ0) is 19.8. The molecule has 1 amide bonds. The van der Waals surface area contributed by atoms with Gasteiger partial charge >= 0.3 is 0 Å². The number of nitrogens with one attached hydrogen (secondary N) is 2. The number of amides is 1. The number of likely N-dealkylation sites (tertiary alicyclic amines) is 1. The molecule has 1 unspecified atom stereocenters. The van der Waals surface area contributed by atoms with Crippen LogP contribution in [0.25, 0.3) is 0 Å². The Morgan fingerprint density at radius 1 is 1.31 bits per heavy atom. The average Bonchev–Trinajstić information content (AvgIpc) is 3.38. The van der Waals surface area contributed by atoms with Gasteiger partial charge in [0.25, 0.3) is 0 Å². The van der Waals surface area contributed by atoms with Crippen LogP contribution in [0.4, 0.5) is 0 Å². The van der Waals surface area contributed by atoms with Gasteiger partial charge in [0.2, 0.25) is 5.91 Å². The number of carbonyl (C=O) groups excluding carboxylic acids is 1. The summed E-state index contributed by atoms with van der Waals surface area (Å²) in [6.45, 7) is 7.76. The molecule has 1 aliphatic heterocycles. The van der Waals surface area contributed by atoms with Gasteiger partial charge in [-0.05, 0) is 24.5 Å². The summed E-state index contributed by atoms with van der Waals surface area (Å²) in [5.74, 6) is 1.03. The average molecular weight is 510 g/mol. The first-order valence-electron chi connectivity index (χ1n) is 10.0. The van der Waals surface area contributed by atoms with Gasteiger partial charge in [0.05, 0.1) is 12.9 Å². The molecule has 8 heteroatoms. The molecule has 3 rings (SSSR count). The van der Waals surface area contributed by atoms with Gasteiger partial charge in [-0.1, -0.05) is 31.2 Å². The molecule has 7 nitrogen and oxygen atoms in total. The standard InChI is InChI=1S/C21H30N6O.HI/c1-3-20(28)27-10-8-19(15-27)25-21(23-4-2)24-13-17-6-5-7-18(12-17)14-26-11-9-22-16-26;/h5-7,9,11-12,16,19H,3-4,8,10,13-15H2,1-2H3,(H2,23,24,25);1H. The summed E-state index contributed by atoms with van der Waals surface area (Å²) in [4.78, 5) is 22.6. The fourth-order valence-electron chi connectivity index (χ4n) is 3.43. The smallest absolute Gasteiger partial charge is 0.222 e. The molecule has 158 valence electrons. The van der Waals surface area contributed by atoms with Crippen LogP contribution < -0.4 is 10.6 Å². The molecule has 1 aromatic heterocycles. The Balaban J connectivity index is 0.00000300. The molecule has 0 saturated carbocycles. The van der Waals surface area contributed by atoms with Gasteiger partial charge in [-0.15, -0.1) is 24.0 Å². The number of imidazole rings is 1. The van der Waals surface area contributed by atoms with Gasteiger partial charge in [-0.25, -0.2) is 9.98 Å². The minimum atomic E-state index is 0. The molecule has 2 N–H and O–H groups in total. The van der Waals surface area contributed by atoms with Crippen LogP contribution >= 0.6 is 24.0 Å². The van der Waals surface area contributed by atoms with E-state index in [1.165, 1.54) is 11.1 Å². The first-order chi connectivity index (χ1) is 13.7. The quantitative estimate of drug-likeness (QED) is 0.341. The number of halogens is 1. The topological polar surface area (TPSA) is 74.6 Å². The van der Waals surface area contributed by atoms with Gasteiger partial charge in [-0.3, -0.25) is 4.79 Å². The molecule has 0 bridgehead atoms. The van der Waals surface area contributed by atoms with Crippen LogP contribution in [0.1, 0.15) is 37.8 Å². The predicted octanol–water partition coefficient (Wildman–Crippen LogP) is 2.62. The Hall–Kier alpha value is -2.10. The monoisotopic (exact) mass is 510 g/mol. The van der Waals surface area contributed by atoms with Crippen LogP contribution in [0.2, 0.25) is 0 Å². The lowest BCUT2D eigenvalue weighted by Gasteiger charge is -2.18. The van der Waals surface area contributed by atoms with E-state index < -0.39 is 0 Å². The van der Waals surface area contributed by atoms with Gasteiger partial charge in [0, 0.05) is 51.0 Å². The summed E-state index contributed by atoms with van der Waals surface area (Å²) < 4.78 is 2.05. The number of benzene rings is 1. The second-order valence-electron chi connectivity index (χ2n) is 7.07. The first kappa shape index (κ1) is 23.2. The molecular formula is C21H31IN6O. The van der Waals surface area contributed by atoms with E-state index in [0.29, 0.717) is 13.0 Å². The SMILES string of the molecule is CCNC(=NCc1cccc(Cn2ccnc2)c1)NC1CCN(C(=O)CC)C1.I. The van der Waals surface area contributed by atoms with Crippen molar-refractivity contribution < 1.29 is 4.79 Å². The third-order valence-electron chi connectivity index (χ3n) is 4.86. The largest absolute Gasteiger partial charge is 0.357 e. The first-order valence-corrected chi connectivity index (χ1v) is 10.0. The Morgan fingerprint density at radius 2 is 2.14 bits per heavy atom. The molecule has 0 aliphatic carbocycles. The molecule has 1 aromatic carbocycles. The summed E-state index contributed by atoms with van der Waals surface area (Å²) >= 11 is 0. The van der Waals surface area contributed by atoms with Crippen LogP contribution in [0.3, 0.4) is 0 Å². The maximum atomic E-state index is 11.9. The van der Waals surface area contributed by atoms with E-state index >= 15 is 0 Å². The fourth-order valence-corrected chi connectivity index (χ4v) is 3.43. The highest BCUT2D eigenvalue weighted by Crippen LogP contribution is 2.11. The summed E-state index contributed by atoms with van der Waals surface area (Å²) in [7, 11) is 0. The molecule has 1 aliphatic rings. The van der Waals surface area contributed by atoms with Crippen molar-refractivity contribution >= 4 is 35.8 Å². The minimum absolute atomic E-state index is 0. The Bertz CT molecular complexity index is 792. The van der Waals surface area contributed by atoms with E-state index in [1.54, 1.807) is 6.20 Å². The van der Waals surface area contributed by atoms with Crippen LogP contribution in [-0.4, -0.2) is 52.0 Å². The highest BCUT2D eigenvalue weighted by atomic mass is 127. The maximum absolute atomic E-state index is 11.9.